The third kappa shape index (κ3) is 4.70. The molecule has 63 heavy (non-hydrogen) atoms. The Kier molecular flexibility index (Phi) is 6.99. The van der Waals surface area contributed by atoms with Crippen molar-refractivity contribution in [1.29, 1.82) is 0 Å². The van der Waals surface area contributed by atoms with Crippen molar-refractivity contribution in [1.82, 2.24) is 0 Å². The first kappa shape index (κ1) is 37.0. The van der Waals surface area contributed by atoms with E-state index in [-0.39, 0.29) is 39.7 Å². The minimum atomic E-state index is -0.460. The molecule has 0 saturated heterocycles. The lowest BCUT2D eigenvalue weighted by molar-refractivity contribution is 0.0973. The van der Waals surface area contributed by atoms with Crippen LogP contribution in [-0.4, -0.2) is 23.1 Å². The van der Waals surface area contributed by atoms with E-state index in [4.69, 9.17) is 0 Å². The fraction of sp³-hybridized carbons (Fsp3) is 0.158. The molecule has 302 valence electrons. The van der Waals surface area contributed by atoms with Crippen LogP contribution in [0.3, 0.4) is 0 Å². The minimum absolute atomic E-state index is 0.215. The highest BCUT2D eigenvalue weighted by Gasteiger charge is 2.52. The van der Waals surface area contributed by atoms with Gasteiger partial charge in [0, 0.05) is 58.0 Å². The molecule has 8 aromatic rings. The van der Waals surface area contributed by atoms with Crippen LogP contribution in [0.5, 0.6) is 0 Å². The maximum atomic E-state index is 14.1. The molecular formula is C57H38O4S2. The summed E-state index contributed by atoms with van der Waals surface area (Å²) < 4.78 is 0. The van der Waals surface area contributed by atoms with Crippen molar-refractivity contribution in [3.63, 3.8) is 0 Å². The second kappa shape index (κ2) is 11.9. The fourth-order valence-corrected chi connectivity index (χ4v) is 14.7. The van der Waals surface area contributed by atoms with Gasteiger partial charge in [0.25, 0.3) is 0 Å². The molecule has 0 unspecified atom stereocenters. The van der Waals surface area contributed by atoms with Crippen molar-refractivity contribution >= 4 is 101 Å². The summed E-state index contributed by atoms with van der Waals surface area (Å²) in [6, 6.07) is 32.2. The Morgan fingerprint density at radius 3 is 0.984 bits per heavy atom. The number of benzene rings is 6. The lowest BCUT2D eigenvalue weighted by atomic mass is 9.70. The van der Waals surface area contributed by atoms with Crippen LogP contribution in [-0.2, 0) is 16.2 Å². The number of thiophene rings is 2. The zero-order valence-corrected chi connectivity index (χ0v) is 37.1. The van der Waals surface area contributed by atoms with Crippen LogP contribution >= 0.6 is 22.7 Å². The second-order valence-corrected chi connectivity index (χ2v) is 21.6. The number of allylic oxidation sites excluding steroid dienone is 6. The zero-order valence-electron chi connectivity index (χ0n) is 35.5. The van der Waals surface area contributed by atoms with E-state index in [1.807, 2.05) is 60.7 Å². The average Bonchev–Trinajstić information content (AvgIpc) is 4.07. The van der Waals surface area contributed by atoms with E-state index in [0.717, 1.165) is 54.2 Å². The van der Waals surface area contributed by atoms with Gasteiger partial charge in [-0.1, -0.05) is 90.1 Å². The SMILES string of the molecule is CC1(C)C(C=C2C(=O)c3cc4cc5ccccc5cc4cc3C2=O)=Cc2sc3c(c21)C(C)(C)c1c-3sc2c1C(C)(C)C(C=C1C(=O)c3cc4cc5ccccc5cc4cc3C1=O)=C2. The van der Waals surface area contributed by atoms with Crippen LogP contribution in [0.1, 0.15) is 115 Å². The van der Waals surface area contributed by atoms with Crippen molar-refractivity contribution in [2.24, 2.45) is 0 Å². The molecule has 0 spiro atoms. The van der Waals surface area contributed by atoms with Crippen molar-refractivity contribution < 1.29 is 19.2 Å². The van der Waals surface area contributed by atoms with Gasteiger partial charge in [0.15, 0.2) is 23.1 Å². The molecule has 2 heterocycles. The van der Waals surface area contributed by atoms with Crippen LogP contribution in [0.15, 0.2) is 132 Å². The number of fused-ring (bicyclic) bond motifs is 13. The van der Waals surface area contributed by atoms with E-state index >= 15 is 0 Å². The Balaban J connectivity index is 0.847. The summed E-state index contributed by atoms with van der Waals surface area (Å²) in [4.78, 5) is 61.2. The monoisotopic (exact) mass is 850 g/mol. The summed E-state index contributed by atoms with van der Waals surface area (Å²) in [7, 11) is 0. The predicted molar refractivity (Wildman–Crippen MR) is 258 cm³/mol. The van der Waals surface area contributed by atoms with Crippen LogP contribution in [0.2, 0.25) is 0 Å². The molecule has 5 aliphatic rings. The van der Waals surface area contributed by atoms with Crippen molar-refractivity contribution in [2.45, 2.75) is 57.8 Å². The lowest BCUT2D eigenvalue weighted by Crippen LogP contribution is -2.27. The van der Waals surface area contributed by atoms with E-state index in [1.54, 1.807) is 22.7 Å². The molecule has 0 aliphatic heterocycles. The topological polar surface area (TPSA) is 68.3 Å². The lowest BCUT2D eigenvalue weighted by Gasteiger charge is -2.32. The number of Topliss-reactive ketones (excluding diaryl/α,β-unsaturated/α-hetero) is 4. The van der Waals surface area contributed by atoms with Gasteiger partial charge in [-0.2, -0.15) is 0 Å². The van der Waals surface area contributed by atoms with Gasteiger partial charge in [-0.25, -0.2) is 0 Å². The second-order valence-electron chi connectivity index (χ2n) is 19.5. The Labute approximate surface area is 371 Å². The molecule has 13 rings (SSSR count). The summed E-state index contributed by atoms with van der Waals surface area (Å²) in [5, 5.41) is 8.19. The molecule has 0 N–H and O–H groups in total. The Morgan fingerprint density at radius 2 is 0.683 bits per heavy atom. The van der Waals surface area contributed by atoms with Gasteiger partial charge in [-0.15, -0.1) is 22.7 Å². The molecular weight excluding hydrogens is 813 g/mol. The highest BCUT2D eigenvalue weighted by Crippen LogP contribution is 2.66. The van der Waals surface area contributed by atoms with E-state index in [9.17, 15) is 19.2 Å². The third-order valence-corrected chi connectivity index (χ3v) is 17.3. The minimum Gasteiger partial charge on any atom is -0.288 e. The van der Waals surface area contributed by atoms with Crippen molar-refractivity contribution in [3.8, 4) is 9.75 Å². The van der Waals surface area contributed by atoms with E-state index in [1.165, 1.54) is 41.8 Å². The molecule has 6 aromatic carbocycles. The molecule has 4 nitrogen and oxygen atoms in total. The van der Waals surface area contributed by atoms with Crippen molar-refractivity contribution in [2.75, 3.05) is 0 Å². The number of hydrogen-bond donors (Lipinski definition) is 0. The Morgan fingerprint density at radius 1 is 0.381 bits per heavy atom. The molecule has 0 radical (unpaired) electrons. The Hall–Kier alpha value is -6.60. The van der Waals surface area contributed by atoms with Crippen LogP contribution in [0.4, 0.5) is 0 Å². The predicted octanol–water partition coefficient (Wildman–Crippen LogP) is 14.1. The van der Waals surface area contributed by atoms with Crippen LogP contribution in [0.25, 0.3) is 65.0 Å². The maximum absolute atomic E-state index is 14.1. The molecule has 0 fully saturated rings. The average molecular weight is 851 g/mol. The number of carbonyl (C=O) groups excluding carboxylic acids is 4. The number of hydrogen-bond acceptors (Lipinski definition) is 6. The van der Waals surface area contributed by atoms with Gasteiger partial charge in [-0.05, 0) is 149 Å². The van der Waals surface area contributed by atoms with E-state index < -0.39 is 10.8 Å². The van der Waals surface area contributed by atoms with Gasteiger partial charge >= 0.3 is 0 Å². The highest BCUT2D eigenvalue weighted by atomic mass is 32.1. The first-order valence-electron chi connectivity index (χ1n) is 21.5. The van der Waals surface area contributed by atoms with Crippen LogP contribution in [0, 0.1) is 0 Å². The molecule has 6 heteroatoms. The molecule has 0 bridgehead atoms. The highest BCUT2D eigenvalue weighted by molar-refractivity contribution is 7.23. The molecule has 2 aromatic heterocycles. The largest absolute Gasteiger partial charge is 0.288 e. The molecule has 0 saturated carbocycles. The summed E-state index contributed by atoms with van der Waals surface area (Å²) >= 11 is 3.61. The van der Waals surface area contributed by atoms with Gasteiger partial charge in [0.05, 0.1) is 11.1 Å². The van der Waals surface area contributed by atoms with Crippen LogP contribution < -0.4 is 0 Å². The number of ketones is 4. The standard InChI is InChI=1S/C57H38O4S2/c1-55(2)35(23-41-49(58)37-19-31-15-27-11-7-8-12-28(27)16-32(31)20-38(37)50(41)59)25-43-45(55)47-53(62-43)54-48(57(47,5)6)46-44(63-54)26-36(56(46,3)4)24-42-51(60)39-21-33-17-29-13-9-10-14-30(29)18-34(33)22-40(39)52(42)61/h7-26H,1-6H3. The summed E-state index contributed by atoms with van der Waals surface area (Å²) in [5.41, 5.74) is 8.15. The van der Waals surface area contributed by atoms with Gasteiger partial charge in [-0.3, -0.25) is 19.2 Å². The van der Waals surface area contributed by atoms with Gasteiger partial charge in [0.2, 0.25) is 0 Å². The molecule has 5 aliphatic carbocycles. The van der Waals surface area contributed by atoms with E-state index in [0.29, 0.717) is 22.3 Å². The number of rotatable bonds is 2. The smallest absolute Gasteiger partial charge is 0.197 e. The van der Waals surface area contributed by atoms with E-state index in [2.05, 4.69) is 102 Å². The first-order valence-corrected chi connectivity index (χ1v) is 23.1. The summed E-state index contributed by atoms with van der Waals surface area (Å²) in [6.07, 6.45) is 8.12. The maximum Gasteiger partial charge on any atom is 0.197 e. The zero-order chi connectivity index (χ0) is 43.2. The summed E-state index contributed by atoms with van der Waals surface area (Å²) in [6.45, 7) is 13.5. The number of carbonyl (C=O) groups is 4. The Bertz CT molecular complexity index is 3380. The molecule has 0 amide bonds. The fourth-order valence-electron chi connectivity index (χ4n) is 11.5. The molecule has 0 atom stereocenters. The van der Waals surface area contributed by atoms with Crippen molar-refractivity contribution in [3.05, 3.63) is 186 Å². The van der Waals surface area contributed by atoms with Gasteiger partial charge in [0.1, 0.15) is 0 Å². The summed E-state index contributed by atoms with van der Waals surface area (Å²) in [5.74, 6) is -0.860. The quantitative estimate of drug-likeness (QED) is 0.0987. The third-order valence-electron chi connectivity index (χ3n) is 14.8. The van der Waals surface area contributed by atoms with Gasteiger partial charge < -0.3 is 0 Å². The first-order chi connectivity index (χ1) is 30.1. The normalized spacial score (nSPS) is 18.3.